The highest BCUT2D eigenvalue weighted by Crippen LogP contribution is 2.14. The number of piperidine rings is 1. The molecule has 1 heterocycles. The first-order chi connectivity index (χ1) is 6.43. The fraction of sp³-hybridized carbons (Fsp3) is 0.778. The predicted molar refractivity (Wildman–Crippen MR) is 55.4 cm³/mol. The first-order valence-electron chi connectivity index (χ1n) is 4.65. The van der Waals surface area contributed by atoms with Gasteiger partial charge >= 0.3 is 0 Å². The Bertz CT molecular complexity index is 194. The van der Waals surface area contributed by atoms with Crippen LogP contribution in [0.15, 0.2) is 0 Å². The lowest BCUT2D eigenvalue weighted by Crippen LogP contribution is -2.35. The van der Waals surface area contributed by atoms with Crippen molar-refractivity contribution in [2.45, 2.75) is 19.8 Å². The summed E-state index contributed by atoms with van der Waals surface area (Å²) < 4.78 is 0. The number of nitrogens with one attached hydrogen (secondary N) is 1. The van der Waals surface area contributed by atoms with Gasteiger partial charge < -0.3 is 15.7 Å². The first kappa shape index (κ1) is 12.9. The maximum atomic E-state index is 9.00. The third-order valence-electron chi connectivity index (χ3n) is 2.16. The fourth-order valence-electron chi connectivity index (χ4n) is 1.32. The van der Waals surface area contributed by atoms with E-state index in [0.29, 0.717) is 11.8 Å². The van der Waals surface area contributed by atoms with Crippen LogP contribution >= 0.6 is 0 Å². The van der Waals surface area contributed by atoms with E-state index in [1.54, 1.807) is 0 Å². The zero-order chi connectivity index (χ0) is 11.1. The Balaban J connectivity index is 0.000000364. The van der Waals surface area contributed by atoms with Gasteiger partial charge in [0, 0.05) is 12.8 Å². The maximum Gasteiger partial charge on any atom is 0.300 e. The number of aliphatic carboxylic acids is 1. The third kappa shape index (κ3) is 6.42. The molecule has 1 saturated heterocycles. The molecule has 0 aromatic rings. The van der Waals surface area contributed by atoms with Crippen LogP contribution in [-0.4, -0.2) is 41.9 Å². The number of carboxylic acid groups (broad SMARTS) is 1. The molecule has 0 unspecified atom stereocenters. The number of amidine groups is 1. The van der Waals surface area contributed by atoms with Crippen molar-refractivity contribution < 1.29 is 9.90 Å². The van der Waals surface area contributed by atoms with Crippen LogP contribution in [0.4, 0.5) is 0 Å². The number of nitrogens with zero attached hydrogens (tertiary/aromatic N) is 1. The highest BCUT2D eigenvalue weighted by atomic mass is 16.4. The van der Waals surface area contributed by atoms with Crippen molar-refractivity contribution in [3.8, 4) is 0 Å². The SMILES string of the molecule is CC(=O)O.CN1CCC(C(=N)N)CC1. The van der Waals surface area contributed by atoms with Gasteiger partial charge in [-0.2, -0.15) is 0 Å². The van der Waals surface area contributed by atoms with E-state index in [9.17, 15) is 0 Å². The molecule has 5 heteroatoms. The van der Waals surface area contributed by atoms with Crippen molar-refractivity contribution in [1.82, 2.24) is 4.90 Å². The lowest BCUT2D eigenvalue weighted by atomic mass is 9.96. The Kier molecular flexibility index (Phi) is 5.87. The molecule has 1 aliphatic heterocycles. The van der Waals surface area contributed by atoms with Gasteiger partial charge in [0.2, 0.25) is 0 Å². The van der Waals surface area contributed by atoms with E-state index in [-0.39, 0.29) is 0 Å². The van der Waals surface area contributed by atoms with Crippen LogP contribution in [0.1, 0.15) is 19.8 Å². The largest absolute Gasteiger partial charge is 0.481 e. The van der Waals surface area contributed by atoms with E-state index in [2.05, 4.69) is 11.9 Å². The van der Waals surface area contributed by atoms with Crippen molar-refractivity contribution in [3.05, 3.63) is 0 Å². The molecule has 1 rings (SSSR count). The molecule has 0 aromatic heterocycles. The van der Waals surface area contributed by atoms with Gasteiger partial charge in [-0.1, -0.05) is 0 Å². The summed E-state index contributed by atoms with van der Waals surface area (Å²) in [6.45, 7) is 3.26. The average molecular weight is 201 g/mol. The number of carboxylic acids is 1. The summed E-state index contributed by atoms with van der Waals surface area (Å²) in [5.41, 5.74) is 5.38. The predicted octanol–water partition coefficient (Wildman–Crippen LogP) is 0.355. The average Bonchev–Trinajstić information content (AvgIpc) is 2.03. The fourth-order valence-corrected chi connectivity index (χ4v) is 1.32. The van der Waals surface area contributed by atoms with Crippen LogP contribution in [0.25, 0.3) is 0 Å². The maximum absolute atomic E-state index is 9.00. The lowest BCUT2D eigenvalue weighted by Gasteiger charge is -2.27. The minimum Gasteiger partial charge on any atom is -0.481 e. The summed E-state index contributed by atoms with van der Waals surface area (Å²) in [5.74, 6) is -0.107. The Morgan fingerprint density at radius 1 is 1.50 bits per heavy atom. The summed E-state index contributed by atoms with van der Waals surface area (Å²) in [4.78, 5) is 11.3. The second-order valence-electron chi connectivity index (χ2n) is 3.55. The second kappa shape index (κ2) is 6.37. The third-order valence-corrected chi connectivity index (χ3v) is 2.16. The molecule has 0 saturated carbocycles. The smallest absolute Gasteiger partial charge is 0.300 e. The van der Waals surface area contributed by atoms with E-state index in [1.165, 1.54) is 0 Å². The second-order valence-corrected chi connectivity index (χ2v) is 3.55. The molecular formula is C9H19N3O2. The highest BCUT2D eigenvalue weighted by Gasteiger charge is 2.18. The van der Waals surface area contributed by atoms with E-state index < -0.39 is 5.97 Å². The van der Waals surface area contributed by atoms with Crippen LogP contribution in [-0.2, 0) is 4.79 Å². The normalized spacial score (nSPS) is 18.1. The van der Waals surface area contributed by atoms with Gasteiger partial charge in [-0.3, -0.25) is 10.2 Å². The molecule has 5 nitrogen and oxygen atoms in total. The molecule has 0 radical (unpaired) electrons. The number of hydrogen-bond donors (Lipinski definition) is 3. The summed E-state index contributed by atoms with van der Waals surface area (Å²) in [5, 5.41) is 14.6. The Labute approximate surface area is 84.4 Å². The zero-order valence-electron chi connectivity index (χ0n) is 8.79. The highest BCUT2D eigenvalue weighted by molar-refractivity contribution is 5.79. The molecule has 0 aromatic carbocycles. The minimum atomic E-state index is -0.833. The Hall–Kier alpha value is -1.10. The van der Waals surface area contributed by atoms with Gasteiger partial charge in [0.15, 0.2) is 0 Å². The number of rotatable bonds is 1. The molecule has 82 valence electrons. The van der Waals surface area contributed by atoms with E-state index in [1.807, 2.05) is 0 Å². The summed E-state index contributed by atoms with van der Waals surface area (Å²) in [7, 11) is 2.11. The van der Waals surface area contributed by atoms with Gasteiger partial charge in [0.05, 0.1) is 5.84 Å². The molecule has 0 spiro atoms. The number of likely N-dealkylation sites (tertiary alicyclic amines) is 1. The van der Waals surface area contributed by atoms with Crippen molar-refractivity contribution in [3.63, 3.8) is 0 Å². The lowest BCUT2D eigenvalue weighted by molar-refractivity contribution is -0.134. The van der Waals surface area contributed by atoms with Crippen LogP contribution in [0, 0.1) is 11.3 Å². The quantitative estimate of drug-likeness (QED) is 0.422. The molecule has 4 N–H and O–H groups in total. The molecule has 0 bridgehead atoms. The van der Waals surface area contributed by atoms with Crippen LogP contribution in [0.5, 0.6) is 0 Å². The van der Waals surface area contributed by atoms with E-state index >= 15 is 0 Å². The van der Waals surface area contributed by atoms with Gasteiger partial charge in [0.1, 0.15) is 0 Å². The molecule has 1 fully saturated rings. The van der Waals surface area contributed by atoms with Crippen LogP contribution in [0.3, 0.4) is 0 Å². The number of nitrogens with two attached hydrogens (primary N) is 1. The van der Waals surface area contributed by atoms with Crippen molar-refractivity contribution >= 4 is 11.8 Å². The summed E-state index contributed by atoms with van der Waals surface area (Å²) >= 11 is 0. The Morgan fingerprint density at radius 3 is 2.14 bits per heavy atom. The Morgan fingerprint density at radius 2 is 1.86 bits per heavy atom. The number of carbonyl (C=O) groups is 1. The molecule has 14 heavy (non-hydrogen) atoms. The van der Waals surface area contributed by atoms with Crippen LogP contribution < -0.4 is 5.73 Å². The molecule has 0 atom stereocenters. The van der Waals surface area contributed by atoms with Crippen molar-refractivity contribution in [2.24, 2.45) is 11.7 Å². The van der Waals surface area contributed by atoms with Crippen LogP contribution in [0.2, 0.25) is 0 Å². The zero-order valence-corrected chi connectivity index (χ0v) is 8.79. The molecule has 1 aliphatic rings. The van der Waals surface area contributed by atoms with Gasteiger partial charge in [-0.25, -0.2) is 0 Å². The minimum absolute atomic E-state index is 0.358. The van der Waals surface area contributed by atoms with Gasteiger partial charge in [-0.15, -0.1) is 0 Å². The summed E-state index contributed by atoms with van der Waals surface area (Å²) in [6, 6.07) is 0. The van der Waals surface area contributed by atoms with E-state index in [0.717, 1.165) is 32.9 Å². The molecule has 0 amide bonds. The standard InChI is InChI=1S/C7H15N3.C2H4O2/c1-10-4-2-6(3-5-10)7(8)9;1-2(3)4/h6H,2-5H2,1H3,(H3,8,9);1H3,(H,3,4). The summed E-state index contributed by atoms with van der Waals surface area (Å²) in [6.07, 6.45) is 2.12. The van der Waals surface area contributed by atoms with Gasteiger partial charge in [0.25, 0.3) is 5.97 Å². The monoisotopic (exact) mass is 201 g/mol. The van der Waals surface area contributed by atoms with E-state index in [4.69, 9.17) is 21.0 Å². The topological polar surface area (TPSA) is 90.4 Å². The van der Waals surface area contributed by atoms with Crippen molar-refractivity contribution in [2.75, 3.05) is 20.1 Å². The first-order valence-corrected chi connectivity index (χ1v) is 4.65. The number of hydrogen-bond acceptors (Lipinski definition) is 3. The molecule has 0 aliphatic carbocycles. The molecular weight excluding hydrogens is 182 g/mol. The van der Waals surface area contributed by atoms with Gasteiger partial charge in [-0.05, 0) is 33.0 Å². The van der Waals surface area contributed by atoms with Crippen molar-refractivity contribution in [1.29, 1.82) is 5.41 Å².